The molecule has 2 aromatic carbocycles. The second-order valence-corrected chi connectivity index (χ2v) is 9.23. The molecular weight excluding hydrogens is 446 g/mol. The third-order valence-corrected chi connectivity index (χ3v) is 7.15. The van der Waals surface area contributed by atoms with Crippen molar-refractivity contribution in [2.24, 2.45) is 0 Å². The topological polar surface area (TPSA) is 76.3 Å². The standard InChI is InChI=1S/C24H24ClN3O3S/c1-16-9-3-4-10-17(16)22-26-27-23(31-22)32-15-21(30)28(2)24(14-8-7-13-20(24)29)18-11-5-6-12-19(18)25/h3-6,9-12H,7-8,13-15H2,1-2H3/t24-/m0/s1. The number of aryl methyl sites for hydroxylation is 1. The first-order valence-electron chi connectivity index (χ1n) is 10.5. The number of nitrogens with zero attached hydrogens (tertiary/aromatic N) is 3. The maximum absolute atomic E-state index is 13.2. The van der Waals surface area contributed by atoms with Crippen LogP contribution in [0.5, 0.6) is 0 Å². The monoisotopic (exact) mass is 469 g/mol. The number of carbonyl (C=O) groups excluding carboxylic acids is 2. The van der Waals surface area contributed by atoms with Gasteiger partial charge in [0, 0.05) is 29.6 Å². The average molecular weight is 470 g/mol. The highest BCUT2D eigenvalue weighted by molar-refractivity contribution is 7.99. The maximum Gasteiger partial charge on any atom is 0.277 e. The summed E-state index contributed by atoms with van der Waals surface area (Å²) in [4.78, 5) is 27.9. The number of hydrogen-bond donors (Lipinski definition) is 0. The smallest absolute Gasteiger partial charge is 0.277 e. The second kappa shape index (κ2) is 9.46. The molecule has 166 valence electrons. The predicted octanol–water partition coefficient (Wildman–Crippen LogP) is 5.29. The normalized spacial score (nSPS) is 18.5. The van der Waals surface area contributed by atoms with Gasteiger partial charge in [0.15, 0.2) is 5.78 Å². The number of carbonyl (C=O) groups is 2. The number of benzene rings is 2. The molecule has 4 rings (SSSR count). The van der Waals surface area contributed by atoms with Crippen LogP contribution in [0.2, 0.25) is 5.02 Å². The van der Waals surface area contributed by atoms with E-state index in [1.54, 1.807) is 18.0 Å². The molecule has 1 aliphatic rings. The Morgan fingerprint density at radius 2 is 1.91 bits per heavy atom. The Morgan fingerprint density at radius 3 is 2.66 bits per heavy atom. The third kappa shape index (κ3) is 4.19. The fourth-order valence-corrected chi connectivity index (χ4v) is 5.22. The fraction of sp³-hybridized carbons (Fsp3) is 0.333. The molecule has 0 saturated heterocycles. The van der Waals surface area contributed by atoms with Gasteiger partial charge in [0.1, 0.15) is 5.54 Å². The maximum atomic E-state index is 13.2. The summed E-state index contributed by atoms with van der Waals surface area (Å²) in [6, 6.07) is 15.0. The van der Waals surface area contributed by atoms with E-state index in [1.807, 2.05) is 49.4 Å². The van der Waals surface area contributed by atoms with Gasteiger partial charge < -0.3 is 9.32 Å². The SMILES string of the molecule is Cc1ccccc1-c1nnc(SCC(=O)N(C)[C@]2(c3ccccc3Cl)CCCCC2=O)o1. The van der Waals surface area contributed by atoms with E-state index < -0.39 is 5.54 Å². The van der Waals surface area contributed by atoms with Crippen molar-refractivity contribution in [2.75, 3.05) is 12.8 Å². The lowest BCUT2D eigenvalue weighted by Crippen LogP contribution is -2.54. The van der Waals surface area contributed by atoms with Crippen LogP contribution in [0, 0.1) is 6.92 Å². The van der Waals surface area contributed by atoms with Crippen molar-refractivity contribution in [3.8, 4) is 11.5 Å². The number of rotatable bonds is 6. The van der Waals surface area contributed by atoms with E-state index in [4.69, 9.17) is 16.0 Å². The van der Waals surface area contributed by atoms with Crippen molar-refractivity contribution in [1.82, 2.24) is 15.1 Å². The van der Waals surface area contributed by atoms with Crippen molar-refractivity contribution in [2.45, 2.75) is 43.4 Å². The molecule has 1 saturated carbocycles. The molecule has 1 fully saturated rings. The molecule has 1 atom stereocenters. The van der Waals surface area contributed by atoms with Crippen molar-refractivity contribution < 1.29 is 14.0 Å². The molecule has 1 aromatic heterocycles. The van der Waals surface area contributed by atoms with Crippen LogP contribution in [0.3, 0.4) is 0 Å². The van der Waals surface area contributed by atoms with Crippen LogP contribution in [-0.4, -0.2) is 39.6 Å². The minimum absolute atomic E-state index is 0.0253. The summed E-state index contributed by atoms with van der Waals surface area (Å²) < 4.78 is 5.76. The van der Waals surface area contributed by atoms with Gasteiger partial charge in [-0.15, -0.1) is 10.2 Å². The average Bonchev–Trinajstić information content (AvgIpc) is 3.27. The molecule has 6 nitrogen and oxygen atoms in total. The Labute approximate surface area is 196 Å². The molecule has 0 radical (unpaired) electrons. The third-order valence-electron chi connectivity index (χ3n) is 6.02. The van der Waals surface area contributed by atoms with Crippen LogP contribution < -0.4 is 0 Å². The number of ketones is 1. The van der Waals surface area contributed by atoms with Crippen LogP contribution in [0.1, 0.15) is 36.8 Å². The zero-order chi connectivity index (χ0) is 22.7. The lowest BCUT2D eigenvalue weighted by molar-refractivity contribution is -0.146. The number of likely N-dealkylation sites (N-methyl/N-ethyl adjacent to an activating group) is 1. The molecule has 1 heterocycles. The first-order valence-corrected chi connectivity index (χ1v) is 11.9. The molecule has 8 heteroatoms. The van der Waals surface area contributed by atoms with E-state index in [0.717, 1.165) is 24.0 Å². The lowest BCUT2D eigenvalue weighted by Gasteiger charge is -2.44. The number of hydrogen-bond acceptors (Lipinski definition) is 6. The molecule has 0 bridgehead atoms. The molecular formula is C24H24ClN3O3S. The van der Waals surface area contributed by atoms with Crippen LogP contribution in [-0.2, 0) is 15.1 Å². The summed E-state index contributed by atoms with van der Waals surface area (Å²) >= 11 is 7.64. The largest absolute Gasteiger partial charge is 0.411 e. The van der Waals surface area contributed by atoms with Gasteiger partial charge in [-0.3, -0.25) is 9.59 Å². The summed E-state index contributed by atoms with van der Waals surface area (Å²) in [6.45, 7) is 1.97. The van der Waals surface area contributed by atoms with Gasteiger partial charge in [-0.2, -0.15) is 0 Å². The zero-order valence-electron chi connectivity index (χ0n) is 18.0. The fourth-order valence-electron chi connectivity index (χ4n) is 4.25. The van der Waals surface area contributed by atoms with E-state index >= 15 is 0 Å². The van der Waals surface area contributed by atoms with Gasteiger partial charge in [0.25, 0.3) is 5.22 Å². The quantitative estimate of drug-likeness (QED) is 0.456. The Kier molecular flexibility index (Phi) is 6.67. The molecule has 1 aliphatic carbocycles. The lowest BCUT2D eigenvalue weighted by atomic mass is 9.74. The van der Waals surface area contributed by atoms with E-state index in [0.29, 0.717) is 34.5 Å². The molecule has 0 N–H and O–H groups in total. The van der Waals surface area contributed by atoms with Crippen LogP contribution >= 0.6 is 23.4 Å². The number of Topliss-reactive ketones (excluding diaryl/α,β-unsaturated/α-hetero) is 1. The first-order chi connectivity index (χ1) is 15.4. The molecule has 1 amide bonds. The van der Waals surface area contributed by atoms with E-state index in [1.165, 1.54) is 11.8 Å². The Bertz CT molecular complexity index is 1150. The highest BCUT2D eigenvalue weighted by Gasteiger charge is 2.47. The molecule has 32 heavy (non-hydrogen) atoms. The summed E-state index contributed by atoms with van der Waals surface area (Å²) in [5.74, 6) is 0.324. The number of thioether (sulfide) groups is 1. The number of aromatic nitrogens is 2. The molecule has 0 aliphatic heterocycles. The summed E-state index contributed by atoms with van der Waals surface area (Å²) in [7, 11) is 1.68. The van der Waals surface area contributed by atoms with Crippen LogP contribution in [0.25, 0.3) is 11.5 Å². The first kappa shape index (κ1) is 22.6. The van der Waals surface area contributed by atoms with Gasteiger partial charge in [-0.25, -0.2) is 0 Å². The second-order valence-electron chi connectivity index (χ2n) is 7.90. The Balaban J connectivity index is 1.53. The number of halogens is 1. The zero-order valence-corrected chi connectivity index (χ0v) is 19.6. The van der Waals surface area contributed by atoms with Crippen LogP contribution in [0.15, 0.2) is 58.2 Å². The molecule has 0 spiro atoms. The van der Waals surface area contributed by atoms with E-state index in [9.17, 15) is 9.59 Å². The minimum atomic E-state index is -1.05. The predicted molar refractivity (Wildman–Crippen MR) is 125 cm³/mol. The summed E-state index contributed by atoms with van der Waals surface area (Å²) in [6.07, 6.45) is 2.66. The van der Waals surface area contributed by atoms with Crippen LogP contribution in [0.4, 0.5) is 0 Å². The highest BCUT2D eigenvalue weighted by Crippen LogP contribution is 2.42. The van der Waals surface area contributed by atoms with Crippen molar-refractivity contribution in [3.05, 3.63) is 64.7 Å². The van der Waals surface area contributed by atoms with Gasteiger partial charge in [-0.05, 0) is 43.9 Å². The molecule has 3 aromatic rings. The molecule has 0 unspecified atom stereocenters. The minimum Gasteiger partial charge on any atom is -0.411 e. The van der Waals surface area contributed by atoms with Gasteiger partial charge in [0.2, 0.25) is 11.8 Å². The van der Waals surface area contributed by atoms with E-state index in [2.05, 4.69) is 10.2 Å². The van der Waals surface area contributed by atoms with Crippen molar-refractivity contribution in [3.63, 3.8) is 0 Å². The highest BCUT2D eigenvalue weighted by atomic mass is 35.5. The van der Waals surface area contributed by atoms with Crippen molar-refractivity contribution >= 4 is 35.1 Å². The van der Waals surface area contributed by atoms with E-state index in [-0.39, 0.29) is 17.4 Å². The summed E-state index contributed by atoms with van der Waals surface area (Å²) in [5.41, 5.74) is 1.53. The Hall–Kier alpha value is -2.64. The van der Waals surface area contributed by atoms with Gasteiger partial charge >= 0.3 is 0 Å². The Morgan fingerprint density at radius 1 is 1.16 bits per heavy atom. The summed E-state index contributed by atoms with van der Waals surface area (Å²) in [5, 5.41) is 8.99. The van der Waals surface area contributed by atoms with Gasteiger partial charge in [-0.1, -0.05) is 59.8 Å². The number of amides is 1. The van der Waals surface area contributed by atoms with Gasteiger partial charge in [0.05, 0.1) is 5.75 Å². The van der Waals surface area contributed by atoms with Crippen molar-refractivity contribution in [1.29, 1.82) is 0 Å².